The topological polar surface area (TPSA) is 110 Å². The van der Waals surface area contributed by atoms with E-state index >= 15 is 0 Å². The Hall–Kier alpha value is -4.18. The van der Waals surface area contributed by atoms with Gasteiger partial charge < -0.3 is 9.47 Å². The summed E-state index contributed by atoms with van der Waals surface area (Å²) in [6, 6.07) is 16.1. The molecule has 176 valence electrons. The van der Waals surface area contributed by atoms with E-state index in [1.807, 2.05) is 0 Å². The largest absolute Gasteiger partial charge is 0.493 e. The highest BCUT2D eigenvalue weighted by molar-refractivity contribution is 7.92. The average molecular weight is 481 g/mol. The molecule has 0 bridgehead atoms. The number of methoxy groups -OCH3 is 1. The van der Waals surface area contributed by atoms with E-state index in [0.717, 1.165) is 4.31 Å². The van der Waals surface area contributed by atoms with Crippen LogP contribution in [0.1, 0.15) is 5.56 Å². The summed E-state index contributed by atoms with van der Waals surface area (Å²) < 4.78 is 38.2. The maximum absolute atomic E-state index is 13.2. The van der Waals surface area contributed by atoms with Gasteiger partial charge in [0, 0.05) is 6.20 Å². The molecule has 0 fully saturated rings. The SMILES string of the molecule is C=CCOc1ccc(/C=N\NC(=O)CN(c2cccnc2)S(=O)(=O)c2ccccc2)cc1OC. The van der Waals surface area contributed by atoms with Gasteiger partial charge in [-0.25, -0.2) is 13.8 Å². The number of hydrazone groups is 1. The van der Waals surface area contributed by atoms with Crippen molar-refractivity contribution in [2.45, 2.75) is 4.90 Å². The summed E-state index contributed by atoms with van der Waals surface area (Å²) in [7, 11) is -2.49. The van der Waals surface area contributed by atoms with Crippen LogP contribution in [0.2, 0.25) is 0 Å². The Morgan fingerprint density at radius 3 is 2.62 bits per heavy atom. The van der Waals surface area contributed by atoms with Crippen molar-refractivity contribution in [3.8, 4) is 11.5 Å². The van der Waals surface area contributed by atoms with E-state index in [1.165, 1.54) is 37.9 Å². The molecule has 1 amide bonds. The molecule has 0 unspecified atom stereocenters. The van der Waals surface area contributed by atoms with Crippen LogP contribution in [0.25, 0.3) is 0 Å². The second-order valence-corrected chi connectivity index (χ2v) is 8.70. The molecular weight excluding hydrogens is 456 g/mol. The van der Waals surface area contributed by atoms with Crippen molar-refractivity contribution in [3.63, 3.8) is 0 Å². The predicted octanol–water partition coefficient (Wildman–Crippen LogP) is 3.00. The van der Waals surface area contributed by atoms with Crippen LogP contribution in [0.3, 0.4) is 0 Å². The second-order valence-electron chi connectivity index (χ2n) is 6.84. The van der Waals surface area contributed by atoms with E-state index in [1.54, 1.807) is 54.6 Å². The fourth-order valence-electron chi connectivity index (χ4n) is 2.91. The molecule has 0 atom stereocenters. The summed E-state index contributed by atoms with van der Waals surface area (Å²) >= 11 is 0. The van der Waals surface area contributed by atoms with Gasteiger partial charge in [0.05, 0.1) is 30.1 Å². The molecule has 34 heavy (non-hydrogen) atoms. The maximum Gasteiger partial charge on any atom is 0.264 e. The lowest BCUT2D eigenvalue weighted by atomic mass is 10.2. The lowest BCUT2D eigenvalue weighted by Gasteiger charge is -2.23. The lowest BCUT2D eigenvalue weighted by molar-refractivity contribution is -0.119. The summed E-state index contributed by atoms with van der Waals surface area (Å²) in [6.45, 7) is 3.45. The van der Waals surface area contributed by atoms with E-state index in [-0.39, 0.29) is 10.6 Å². The number of amides is 1. The molecule has 1 heterocycles. The molecule has 9 nitrogen and oxygen atoms in total. The van der Waals surface area contributed by atoms with Crippen molar-refractivity contribution in [2.24, 2.45) is 5.10 Å². The number of nitrogens with zero attached hydrogens (tertiary/aromatic N) is 3. The van der Waals surface area contributed by atoms with E-state index in [0.29, 0.717) is 23.7 Å². The number of rotatable bonds is 11. The summed E-state index contributed by atoms with van der Waals surface area (Å²) in [5, 5.41) is 3.94. The summed E-state index contributed by atoms with van der Waals surface area (Å²) in [5.74, 6) is 0.410. The number of anilines is 1. The highest BCUT2D eigenvalue weighted by atomic mass is 32.2. The van der Waals surface area contributed by atoms with Crippen molar-refractivity contribution in [1.82, 2.24) is 10.4 Å². The molecule has 0 saturated heterocycles. The molecular formula is C24H24N4O5S. The zero-order valence-corrected chi connectivity index (χ0v) is 19.3. The third-order valence-corrected chi connectivity index (χ3v) is 6.29. The summed E-state index contributed by atoms with van der Waals surface area (Å²) in [5.41, 5.74) is 3.26. The van der Waals surface area contributed by atoms with Gasteiger partial charge in [-0.05, 0) is 48.0 Å². The Morgan fingerprint density at radius 2 is 1.94 bits per heavy atom. The molecule has 0 saturated carbocycles. The van der Waals surface area contributed by atoms with Crippen LogP contribution in [0.5, 0.6) is 11.5 Å². The first-order valence-electron chi connectivity index (χ1n) is 10.2. The van der Waals surface area contributed by atoms with Gasteiger partial charge in [0.1, 0.15) is 13.2 Å². The molecule has 2 aromatic carbocycles. The molecule has 0 radical (unpaired) electrons. The Morgan fingerprint density at radius 1 is 1.15 bits per heavy atom. The van der Waals surface area contributed by atoms with E-state index in [9.17, 15) is 13.2 Å². The zero-order valence-electron chi connectivity index (χ0n) is 18.5. The molecule has 3 rings (SSSR count). The van der Waals surface area contributed by atoms with Gasteiger partial charge in [-0.1, -0.05) is 30.9 Å². The van der Waals surface area contributed by atoms with Gasteiger partial charge in [-0.3, -0.25) is 14.1 Å². The standard InChI is InChI=1S/C24H24N4O5S/c1-3-14-33-22-12-11-19(15-23(22)32-2)16-26-27-24(29)18-28(20-8-7-13-25-17-20)34(30,31)21-9-5-4-6-10-21/h3-13,15-17H,1,14,18H2,2H3,(H,27,29)/b26-16-. The number of hydrogen-bond acceptors (Lipinski definition) is 7. The smallest absolute Gasteiger partial charge is 0.264 e. The number of benzene rings is 2. The van der Waals surface area contributed by atoms with Gasteiger partial charge in [0.15, 0.2) is 11.5 Å². The number of ether oxygens (including phenoxy) is 2. The summed E-state index contributed by atoms with van der Waals surface area (Å²) in [6.07, 6.45) is 5.93. The highest BCUT2D eigenvalue weighted by Crippen LogP contribution is 2.27. The van der Waals surface area contributed by atoms with E-state index in [4.69, 9.17) is 9.47 Å². The molecule has 1 N–H and O–H groups in total. The molecule has 0 spiro atoms. The van der Waals surface area contributed by atoms with Crippen LogP contribution in [0.15, 0.2) is 95.7 Å². The van der Waals surface area contributed by atoms with Gasteiger partial charge >= 0.3 is 0 Å². The predicted molar refractivity (Wildman–Crippen MR) is 130 cm³/mol. The third kappa shape index (κ3) is 6.20. The van der Waals surface area contributed by atoms with Crippen molar-refractivity contribution in [3.05, 3.63) is 91.3 Å². The monoisotopic (exact) mass is 480 g/mol. The number of hydrogen-bond donors (Lipinski definition) is 1. The maximum atomic E-state index is 13.2. The molecule has 3 aromatic rings. The lowest BCUT2D eigenvalue weighted by Crippen LogP contribution is -2.39. The normalized spacial score (nSPS) is 11.1. The van der Waals surface area contributed by atoms with Crippen molar-refractivity contribution >= 4 is 27.8 Å². The fraction of sp³-hybridized carbons (Fsp3) is 0.125. The van der Waals surface area contributed by atoms with Crippen LogP contribution in [-0.4, -0.2) is 45.8 Å². The van der Waals surface area contributed by atoms with Crippen LogP contribution < -0.4 is 19.2 Å². The second kappa shape index (κ2) is 11.6. The minimum absolute atomic E-state index is 0.0565. The number of carbonyl (C=O) groups is 1. The van der Waals surface area contributed by atoms with E-state index in [2.05, 4.69) is 22.1 Å². The van der Waals surface area contributed by atoms with Crippen LogP contribution in [-0.2, 0) is 14.8 Å². The van der Waals surface area contributed by atoms with Gasteiger partial charge in [-0.15, -0.1) is 0 Å². The molecule has 0 aliphatic carbocycles. The number of nitrogens with one attached hydrogen (secondary N) is 1. The molecule has 0 aliphatic heterocycles. The first-order chi connectivity index (χ1) is 16.5. The van der Waals surface area contributed by atoms with Crippen LogP contribution >= 0.6 is 0 Å². The minimum Gasteiger partial charge on any atom is -0.493 e. The first kappa shape index (κ1) is 24.5. The first-order valence-corrected chi connectivity index (χ1v) is 11.6. The molecule has 1 aromatic heterocycles. The Balaban J connectivity index is 1.74. The fourth-order valence-corrected chi connectivity index (χ4v) is 4.34. The van der Waals surface area contributed by atoms with Gasteiger partial charge in [-0.2, -0.15) is 5.10 Å². The van der Waals surface area contributed by atoms with Gasteiger partial charge in [0.25, 0.3) is 15.9 Å². The Labute approximate surface area is 198 Å². The van der Waals surface area contributed by atoms with Crippen molar-refractivity contribution in [2.75, 3.05) is 24.6 Å². The van der Waals surface area contributed by atoms with Gasteiger partial charge in [0.2, 0.25) is 0 Å². The zero-order chi connectivity index (χ0) is 24.4. The van der Waals surface area contributed by atoms with Crippen LogP contribution in [0.4, 0.5) is 5.69 Å². The average Bonchev–Trinajstić information content (AvgIpc) is 2.87. The number of pyridine rings is 1. The van der Waals surface area contributed by atoms with Crippen molar-refractivity contribution < 1.29 is 22.7 Å². The quantitative estimate of drug-likeness (QED) is 0.257. The highest BCUT2D eigenvalue weighted by Gasteiger charge is 2.27. The number of aromatic nitrogens is 1. The Kier molecular flexibility index (Phi) is 8.36. The summed E-state index contributed by atoms with van der Waals surface area (Å²) in [4.78, 5) is 16.6. The molecule has 0 aliphatic rings. The third-order valence-electron chi connectivity index (χ3n) is 4.50. The minimum atomic E-state index is -4.00. The van der Waals surface area contributed by atoms with E-state index < -0.39 is 22.5 Å². The molecule has 10 heteroatoms. The number of sulfonamides is 1. The van der Waals surface area contributed by atoms with Crippen LogP contribution in [0, 0.1) is 0 Å². The number of carbonyl (C=O) groups excluding carboxylic acids is 1. The Bertz CT molecular complexity index is 1250. The van der Waals surface area contributed by atoms with Crippen molar-refractivity contribution in [1.29, 1.82) is 0 Å².